The fourth-order valence-electron chi connectivity index (χ4n) is 3.09. The quantitative estimate of drug-likeness (QED) is 0.843. The molecule has 0 spiro atoms. The zero-order chi connectivity index (χ0) is 13.8. The number of hydrogen-bond donors (Lipinski definition) is 1. The number of carbonyl (C=O) groups is 2. The van der Waals surface area contributed by atoms with Gasteiger partial charge in [0.1, 0.15) is 0 Å². The first kappa shape index (κ1) is 14.3. The second kappa shape index (κ2) is 6.37. The molecule has 3 unspecified atom stereocenters. The van der Waals surface area contributed by atoms with Crippen molar-refractivity contribution in [3.63, 3.8) is 0 Å². The molecule has 0 aromatic heterocycles. The summed E-state index contributed by atoms with van der Waals surface area (Å²) in [6.45, 7) is 3.21. The Morgan fingerprint density at radius 3 is 2.68 bits per heavy atom. The van der Waals surface area contributed by atoms with Gasteiger partial charge in [-0.25, -0.2) is 0 Å². The Balaban J connectivity index is 1.78. The maximum absolute atomic E-state index is 12.1. The first-order valence-electron chi connectivity index (χ1n) is 7.23. The van der Waals surface area contributed by atoms with Crippen LogP contribution in [-0.4, -0.2) is 47.2 Å². The molecule has 5 heteroatoms. The summed E-state index contributed by atoms with van der Waals surface area (Å²) in [6, 6.07) is -0.183. The van der Waals surface area contributed by atoms with Crippen LogP contribution in [0.5, 0.6) is 0 Å². The zero-order valence-electron chi connectivity index (χ0n) is 11.5. The van der Waals surface area contributed by atoms with Gasteiger partial charge in [0.25, 0.3) is 0 Å². The predicted molar refractivity (Wildman–Crippen MR) is 69.7 cm³/mol. The molecule has 2 heterocycles. The van der Waals surface area contributed by atoms with Gasteiger partial charge in [-0.1, -0.05) is 0 Å². The molecule has 5 nitrogen and oxygen atoms in total. The Morgan fingerprint density at radius 2 is 2.11 bits per heavy atom. The Labute approximate surface area is 113 Å². The summed E-state index contributed by atoms with van der Waals surface area (Å²) < 4.78 is 5.61. The Morgan fingerprint density at radius 1 is 1.32 bits per heavy atom. The molecule has 2 aliphatic rings. The van der Waals surface area contributed by atoms with Crippen LogP contribution in [0.3, 0.4) is 0 Å². The van der Waals surface area contributed by atoms with Crippen LogP contribution in [0.4, 0.5) is 0 Å². The molecule has 2 fully saturated rings. The van der Waals surface area contributed by atoms with Crippen molar-refractivity contribution in [2.45, 2.75) is 57.6 Å². The average Bonchev–Trinajstić information content (AvgIpc) is 2.79. The van der Waals surface area contributed by atoms with Crippen molar-refractivity contribution in [1.82, 2.24) is 4.90 Å². The summed E-state index contributed by atoms with van der Waals surface area (Å²) in [7, 11) is 0. The number of hydrogen-bond acceptors (Lipinski definition) is 3. The topological polar surface area (TPSA) is 66.8 Å². The van der Waals surface area contributed by atoms with Crippen LogP contribution in [0.1, 0.15) is 45.4 Å². The number of amides is 1. The maximum Gasteiger partial charge on any atom is 0.308 e. The minimum Gasteiger partial charge on any atom is -0.481 e. The summed E-state index contributed by atoms with van der Waals surface area (Å²) in [6.07, 6.45) is 5.36. The minimum absolute atomic E-state index is 0.0745. The second-order valence-electron chi connectivity index (χ2n) is 5.59. The summed E-state index contributed by atoms with van der Waals surface area (Å²) in [5.41, 5.74) is 0. The van der Waals surface area contributed by atoms with E-state index in [1.165, 1.54) is 6.42 Å². The van der Waals surface area contributed by atoms with Crippen molar-refractivity contribution in [1.29, 1.82) is 0 Å². The minimum atomic E-state index is -0.793. The number of ether oxygens (including phenoxy) is 1. The molecule has 0 saturated carbocycles. The third kappa shape index (κ3) is 3.47. The van der Waals surface area contributed by atoms with Crippen molar-refractivity contribution >= 4 is 11.9 Å². The largest absolute Gasteiger partial charge is 0.481 e. The van der Waals surface area contributed by atoms with Crippen molar-refractivity contribution in [2.75, 3.05) is 13.2 Å². The molecule has 0 aromatic rings. The average molecular weight is 269 g/mol. The first-order chi connectivity index (χ1) is 9.09. The highest BCUT2D eigenvalue weighted by atomic mass is 16.5. The van der Waals surface area contributed by atoms with Crippen molar-refractivity contribution in [3.05, 3.63) is 0 Å². The van der Waals surface area contributed by atoms with Gasteiger partial charge in [-0.3, -0.25) is 9.59 Å². The molecular formula is C14H23NO4. The number of aliphatic carboxylic acids is 1. The SMILES string of the molecule is CC1C(C(=O)O)CCN1C(=O)CCC1CCCCO1. The normalized spacial score (nSPS) is 31.4. The van der Waals surface area contributed by atoms with E-state index in [9.17, 15) is 9.59 Å². The highest BCUT2D eigenvalue weighted by Crippen LogP contribution is 2.26. The van der Waals surface area contributed by atoms with Crippen LogP contribution in [0.15, 0.2) is 0 Å². The van der Waals surface area contributed by atoms with Gasteiger partial charge in [0.2, 0.25) is 5.91 Å². The lowest BCUT2D eigenvalue weighted by molar-refractivity contribution is -0.143. The van der Waals surface area contributed by atoms with Gasteiger partial charge in [-0.05, 0) is 39.0 Å². The Bertz CT molecular complexity index is 338. The third-order valence-electron chi connectivity index (χ3n) is 4.35. The highest BCUT2D eigenvalue weighted by molar-refractivity contribution is 5.79. The molecule has 2 rings (SSSR count). The molecule has 0 aromatic carbocycles. The second-order valence-corrected chi connectivity index (χ2v) is 5.59. The van der Waals surface area contributed by atoms with Crippen molar-refractivity contribution in [3.8, 4) is 0 Å². The smallest absolute Gasteiger partial charge is 0.308 e. The van der Waals surface area contributed by atoms with Crippen LogP contribution in [0, 0.1) is 5.92 Å². The summed E-state index contributed by atoms with van der Waals surface area (Å²) in [5, 5.41) is 9.06. The van der Waals surface area contributed by atoms with Gasteiger partial charge in [0, 0.05) is 25.6 Å². The van der Waals surface area contributed by atoms with E-state index in [0.717, 1.165) is 25.9 Å². The summed E-state index contributed by atoms with van der Waals surface area (Å²) in [5.74, 6) is -1.13. The van der Waals surface area contributed by atoms with E-state index in [4.69, 9.17) is 9.84 Å². The van der Waals surface area contributed by atoms with E-state index in [1.807, 2.05) is 6.92 Å². The van der Waals surface area contributed by atoms with E-state index in [2.05, 4.69) is 0 Å². The van der Waals surface area contributed by atoms with Crippen LogP contribution in [0.25, 0.3) is 0 Å². The van der Waals surface area contributed by atoms with E-state index < -0.39 is 11.9 Å². The number of carboxylic acids is 1. The van der Waals surface area contributed by atoms with Crippen LogP contribution in [0.2, 0.25) is 0 Å². The van der Waals surface area contributed by atoms with Gasteiger partial charge in [-0.2, -0.15) is 0 Å². The molecule has 0 aliphatic carbocycles. The number of carbonyl (C=O) groups excluding carboxylic acids is 1. The summed E-state index contributed by atoms with van der Waals surface area (Å²) in [4.78, 5) is 24.9. The molecule has 2 aliphatic heterocycles. The maximum atomic E-state index is 12.1. The standard InChI is InChI=1S/C14H23NO4/c1-10-12(14(17)18)7-8-15(10)13(16)6-5-11-4-2-3-9-19-11/h10-12H,2-9H2,1H3,(H,17,18). The first-order valence-corrected chi connectivity index (χ1v) is 7.23. The number of carboxylic acid groups (broad SMARTS) is 1. The van der Waals surface area contributed by atoms with Gasteiger partial charge < -0.3 is 14.7 Å². The predicted octanol–water partition coefficient (Wildman–Crippen LogP) is 1.66. The fourth-order valence-corrected chi connectivity index (χ4v) is 3.09. The van der Waals surface area contributed by atoms with Gasteiger partial charge >= 0.3 is 5.97 Å². The number of likely N-dealkylation sites (tertiary alicyclic amines) is 1. The number of nitrogens with zero attached hydrogens (tertiary/aromatic N) is 1. The Kier molecular flexibility index (Phi) is 4.80. The van der Waals surface area contributed by atoms with E-state index >= 15 is 0 Å². The zero-order valence-corrected chi connectivity index (χ0v) is 11.5. The van der Waals surface area contributed by atoms with Gasteiger partial charge in [0.05, 0.1) is 12.0 Å². The molecule has 3 atom stereocenters. The molecule has 0 bridgehead atoms. The van der Waals surface area contributed by atoms with Crippen molar-refractivity contribution < 1.29 is 19.4 Å². The van der Waals surface area contributed by atoms with Crippen molar-refractivity contribution in [2.24, 2.45) is 5.92 Å². The van der Waals surface area contributed by atoms with Crippen LogP contribution in [-0.2, 0) is 14.3 Å². The van der Waals surface area contributed by atoms with Gasteiger partial charge in [-0.15, -0.1) is 0 Å². The highest BCUT2D eigenvalue weighted by Gasteiger charge is 2.37. The van der Waals surface area contributed by atoms with Gasteiger partial charge in [0.15, 0.2) is 0 Å². The lowest BCUT2D eigenvalue weighted by atomic mass is 10.0. The molecule has 1 amide bonds. The Hall–Kier alpha value is -1.10. The van der Waals surface area contributed by atoms with Crippen LogP contribution >= 0.6 is 0 Å². The lowest BCUT2D eigenvalue weighted by Crippen LogP contribution is -2.38. The lowest BCUT2D eigenvalue weighted by Gasteiger charge is -2.26. The van der Waals surface area contributed by atoms with E-state index in [0.29, 0.717) is 19.4 Å². The molecule has 0 radical (unpaired) electrons. The molecular weight excluding hydrogens is 246 g/mol. The van der Waals surface area contributed by atoms with Crippen LogP contribution < -0.4 is 0 Å². The molecule has 19 heavy (non-hydrogen) atoms. The fraction of sp³-hybridized carbons (Fsp3) is 0.857. The summed E-state index contributed by atoms with van der Waals surface area (Å²) >= 11 is 0. The third-order valence-corrected chi connectivity index (χ3v) is 4.35. The molecule has 2 saturated heterocycles. The number of rotatable bonds is 4. The molecule has 108 valence electrons. The van der Waals surface area contributed by atoms with E-state index in [1.54, 1.807) is 4.90 Å². The van der Waals surface area contributed by atoms with E-state index in [-0.39, 0.29) is 18.1 Å². The molecule has 1 N–H and O–H groups in total. The monoisotopic (exact) mass is 269 g/mol.